The molecule has 2 unspecified atom stereocenters. The molecule has 0 spiro atoms. The van der Waals surface area contributed by atoms with E-state index in [9.17, 15) is 4.79 Å². The SMILES string of the molecule is CCn1ccn(CC(NC)C2CCOC2)c1=O. The minimum atomic E-state index is 0.0756. The van der Waals surface area contributed by atoms with Crippen molar-refractivity contribution >= 4 is 0 Å². The van der Waals surface area contributed by atoms with Crippen molar-refractivity contribution in [1.82, 2.24) is 14.5 Å². The van der Waals surface area contributed by atoms with Crippen molar-refractivity contribution in [2.75, 3.05) is 20.3 Å². The summed E-state index contributed by atoms with van der Waals surface area (Å²) in [7, 11) is 1.95. The fourth-order valence-corrected chi connectivity index (χ4v) is 2.39. The van der Waals surface area contributed by atoms with Gasteiger partial charge in [-0.2, -0.15) is 0 Å². The molecule has 1 aliphatic heterocycles. The molecule has 1 saturated heterocycles. The zero-order valence-corrected chi connectivity index (χ0v) is 10.6. The lowest BCUT2D eigenvalue weighted by atomic mass is 9.99. The quantitative estimate of drug-likeness (QED) is 0.803. The van der Waals surface area contributed by atoms with E-state index in [1.165, 1.54) is 0 Å². The fourth-order valence-electron chi connectivity index (χ4n) is 2.39. The molecular formula is C12H21N3O2. The Hall–Kier alpha value is -1.07. The molecule has 0 aliphatic carbocycles. The first-order valence-electron chi connectivity index (χ1n) is 6.26. The maximum Gasteiger partial charge on any atom is 0.328 e. The normalized spacial score (nSPS) is 21.9. The van der Waals surface area contributed by atoms with E-state index in [-0.39, 0.29) is 5.69 Å². The molecule has 1 N–H and O–H groups in total. The Bertz CT molecular complexity index is 404. The van der Waals surface area contributed by atoms with Crippen molar-refractivity contribution in [3.8, 4) is 0 Å². The smallest absolute Gasteiger partial charge is 0.328 e. The first kappa shape index (κ1) is 12.4. The molecule has 2 atom stereocenters. The number of aromatic nitrogens is 2. The second kappa shape index (κ2) is 5.51. The van der Waals surface area contributed by atoms with Gasteiger partial charge in [-0.15, -0.1) is 0 Å². The molecular weight excluding hydrogens is 218 g/mol. The summed E-state index contributed by atoms with van der Waals surface area (Å²) in [5, 5.41) is 3.30. The van der Waals surface area contributed by atoms with E-state index >= 15 is 0 Å². The van der Waals surface area contributed by atoms with Crippen molar-refractivity contribution in [2.24, 2.45) is 5.92 Å². The molecule has 1 aromatic rings. The Labute approximate surface area is 101 Å². The summed E-state index contributed by atoms with van der Waals surface area (Å²) in [4.78, 5) is 11.9. The number of likely N-dealkylation sites (N-methyl/N-ethyl adjacent to an activating group) is 1. The Kier molecular flexibility index (Phi) is 4.02. The minimum Gasteiger partial charge on any atom is -0.381 e. The lowest BCUT2D eigenvalue weighted by molar-refractivity contribution is 0.174. The van der Waals surface area contributed by atoms with Crippen LogP contribution in [0, 0.1) is 5.92 Å². The monoisotopic (exact) mass is 239 g/mol. The van der Waals surface area contributed by atoms with Gasteiger partial charge in [0.2, 0.25) is 0 Å². The van der Waals surface area contributed by atoms with E-state index in [2.05, 4.69) is 5.32 Å². The number of imidazole rings is 1. The molecule has 0 bridgehead atoms. The van der Waals surface area contributed by atoms with Gasteiger partial charge in [0.15, 0.2) is 0 Å². The second-order valence-electron chi connectivity index (χ2n) is 4.54. The molecule has 0 aromatic carbocycles. The molecule has 0 radical (unpaired) electrons. The topological polar surface area (TPSA) is 48.2 Å². The number of ether oxygens (including phenoxy) is 1. The van der Waals surface area contributed by atoms with Gasteiger partial charge in [-0.3, -0.25) is 9.13 Å². The summed E-state index contributed by atoms with van der Waals surface area (Å²) in [6.45, 7) is 5.06. The fraction of sp³-hybridized carbons (Fsp3) is 0.750. The number of aryl methyl sites for hydroxylation is 1. The van der Waals surface area contributed by atoms with Gasteiger partial charge in [0.25, 0.3) is 0 Å². The van der Waals surface area contributed by atoms with Gasteiger partial charge >= 0.3 is 5.69 Å². The van der Waals surface area contributed by atoms with Gasteiger partial charge in [0, 0.05) is 44.0 Å². The van der Waals surface area contributed by atoms with Gasteiger partial charge in [-0.1, -0.05) is 0 Å². The third-order valence-corrected chi connectivity index (χ3v) is 3.56. The third kappa shape index (κ3) is 2.61. The van der Waals surface area contributed by atoms with Crippen LogP contribution in [0.3, 0.4) is 0 Å². The molecule has 1 aromatic heterocycles. The number of hydrogen-bond donors (Lipinski definition) is 1. The third-order valence-electron chi connectivity index (χ3n) is 3.56. The summed E-state index contributed by atoms with van der Waals surface area (Å²) in [6, 6.07) is 0.308. The van der Waals surface area contributed by atoms with Crippen LogP contribution in [0.25, 0.3) is 0 Å². The van der Waals surface area contributed by atoms with E-state index in [4.69, 9.17) is 4.74 Å². The predicted molar refractivity (Wildman–Crippen MR) is 66.1 cm³/mol. The first-order chi connectivity index (χ1) is 8.26. The summed E-state index contributed by atoms with van der Waals surface area (Å²) in [6.07, 6.45) is 4.79. The van der Waals surface area contributed by atoms with Gasteiger partial charge in [0.05, 0.1) is 6.61 Å². The Morgan fingerprint density at radius 1 is 1.53 bits per heavy atom. The Morgan fingerprint density at radius 2 is 2.29 bits per heavy atom. The van der Waals surface area contributed by atoms with Crippen LogP contribution in [-0.2, 0) is 17.8 Å². The Balaban J connectivity index is 2.07. The van der Waals surface area contributed by atoms with Crippen LogP contribution in [0.4, 0.5) is 0 Å². The summed E-state index contributed by atoms with van der Waals surface area (Å²) in [5.74, 6) is 0.511. The highest BCUT2D eigenvalue weighted by molar-refractivity contribution is 4.85. The molecule has 0 amide bonds. The molecule has 5 heteroatoms. The highest BCUT2D eigenvalue weighted by Gasteiger charge is 2.25. The zero-order chi connectivity index (χ0) is 12.3. The second-order valence-corrected chi connectivity index (χ2v) is 4.54. The average molecular weight is 239 g/mol. The van der Waals surface area contributed by atoms with Crippen LogP contribution in [-0.4, -0.2) is 35.4 Å². The predicted octanol–water partition coefficient (Wildman–Crippen LogP) is 0.294. The van der Waals surface area contributed by atoms with Crippen molar-refractivity contribution in [3.63, 3.8) is 0 Å². The van der Waals surface area contributed by atoms with Gasteiger partial charge in [-0.25, -0.2) is 4.79 Å². The molecule has 5 nitrogen and oxygen atoms in total. The van der Waals surface area contributed by atoms with Crippen molar-refractivity contribution in [3.05, 3.63) is 22.9 Å². The van der Waals surface area contributed by atoms with Crippen LogP contribution in [0.1, 0.15) is 13.3 Å². The maximum atomic E-state index is 11.9. The van der Waals surface area contributed by atoms with Gasteiger partial charge < -0.3 is 10.1 Å². The van der Waals surface area contributed by atoms with Crippen molar-refractivity contribution in [2.45, 2.75) is 32.5 Å². The van der Waals surface area contributed by atoms with E-state index in [0.29, 0.717) is 12.0 Å². The lowest BCUT2D eigenvalue weighted by Crippen LogP contribution is -2.40. The molecule has 17 heavy (non-hydrogen) atoms. The highest BCUT2D eigenvalue weighted by Crippen LogP contribution is 2.17. The van der Waals surface area contributed by atoms with Crippen LogP contribution in [0.5, 0.6) is 0 Å². The highest BCUT2D eigenvalue weighted by atomic mass is 16.5. The lowest BCUT2D eigenvalue weighted by Gasteiger charge is -2.21. The average Bonchev–Trinajstić information content (AvgIpc) is 2.96. The van der Waals surface area contributed by atoms with Crippen LogP contribution < -0.4 is 11.0 Å². The standard InChI is InChI=1S/C12H21N3O2/c1-3-14-5-6-15(12(14)16)8-11(13-2)10-4-7-17-9-10/h5-6,10-11,13H,3-4,7-9H2,1-2H3. The van der Waals surface area contributed by atoms with Crippen LogP contribution >= 0.6 is 0 Å². The van der Waals surface area contributed by atoms with Crippen LogP contribution in [0.15, 0.2) is 17.2 Å². The number of rotatable bonds is 5. The molecule has 2 heterocycles. The molecule has 1 aliphatic rings. The van der Waals surface area contributed by atoms with E-state index in [1.807, 2.05) is 26.4 Å². The summed E-state index contributed by atoms with van der Waals surface area (Å²) < 4.78 is 8.90. The molecule has 0 saturated carbocycles. The van der Waals surface area contributed by atoms with Gasteiger partial charge in [0.1, 0.15) is 0 Å². The number of nitrogens with zero attached hydrogens (tertiary/aromatic N) is 2. The summed E-state index contributed by atoms with van der Waals surface area (Å²) >= 11 is 0. The largest absolute Gasteiger partial charge is 0.381 e. The minimum absolute atomic E-state index is 0.0756. The number of hydrogen-bond acceptors (Lipinski definition) is 3. The molecule has 1 fully saturated rings. The van der Waals surface area contributed by atoms with Gasteiger partial charge in [-0.05, 0) is 20.4 Å². The van der Waals surface area contributed by atoms with E-state index in [1.54, 1.807) is 9.13 Å². The maximum absolute atomic E-state index is 11.9. The summed E-state index contributed by atoms with van der Waals surface area (Å²) in [5.41, 5.74) is 0.0756. The molecule has 96 valence electrons. The van der Waals surface area contributed by atoms with E-state index < -0.39 is 0 Å². The number of nitrogens with one attached hydrogen (secondary N) is 1. The first-order valence-corrected chi connectivity index (χ1v) is 6.26. The van der Waals surface area contributed by atoms with Crippen LogP contribution in [0.2, 0.25) is 0 Å². The molecule has 2 rings (SSSR count). The van der Waals surface area contributed by atoms with Crippen molar-refractivity contribution < 1.29 is 4.74 Å². The zero-order valence-electron chi connectivity index (χ0n) is 10.6. The van der Waals surface area contributed by atoms with Crippen molar-refractivity contribution in [1.29, 1.82) is 0 Å². The Morgan fingerprint density at radius 3 is 2.82 bits per heavy atom. The van der Waals surface area contributed by atoms with E-state index in [0.717, 1.165) is 32.7 Å².